The van der Waals surface area contributed by atoms with Gasteiger partial charge in [-0.2, -0.15) is 12.6 Å². The fourth-order valence-corrected chi connectivity index (χ4v) is 2.26. The van der Waals surface area contributed by atoms with Crippen LogP contribution in [0.5, 0.6) is 0 Å². The van der Waals surface area contributed by atoms with Gasteiger partial charge in [-0.1, -0.05) is 17.7 Å². The normalized spacial score (nSPS) is 17.5. The standard InChI is InChI=1S/C13H17NOS/c1-10-3-2-4-11(9-10)13(15)14-7-5-12(16)6-8-14/h2-4,9,12,16H,5-8H2,1H3. The smallest absolute Gasteiger partial charge is 0.253 e. The summed E-state index contributed by atoms with van der Waals surface area (Å²) in [6, 6.07) is 7.79. The van der Waals surface area contributed by atoms with Crippen molar-refractivity contribution in [2.24, 2.45) is 0 Å². The lowest BCUT2D eigenvalue weighted by Crippen LogP contribution is -2.38. The average molecular weight is 235 g/mol. The molecule has 1 fully saturated rings. The number of hydrogen-bond donors (Lipinski definition) is 1. The molecular weight excluding hydrogens is 218 g/mol. The summed E-state index contributed by atoms with van der Waals surface area (Å²) in [6.45, 7) is 3.68. The van der Waals surface area contributed by atoms with Crippen LogP contribution in [-0.2, 0) is 0 Å². The second-order valence-corrected chi connectivity index (χ2v) is 5.12. The molecule has 1 aromatic rings. The molecule has 1 aliphatic heterocycles. The Labute approximate surface area is 102 Å². The first-order valence-electron chi connectivity index (χ1n) is 5.71. The Morgan fingerprint density at radius 3 is 2.69 bits per heavy atom. The number of aryl methyl sites for hydroxylation is 1. The van der Waals surface area contributed by atoms with Crippen LogP contribution < -0.4 is 0 Å². The molecule has 0 unspecified atom stereocenters. The highest BCUT2D eigenvalue weighted by Gasteiger charge is 2.21. The molecule has 3 heteroatoms. The molecule has 0 aromatic heterocycles. The summed E-state index contributed by atoms with van der Waals surface area (Å²) >= 11 is 4.44. The molecule has 1 aliphatic rings. The predicted octanol–water partition coefficient (Wildman–Crippen LogP) is 2.53. The van der Waals surface area contributed by atoms with Crippen molar-refractivity contribution in [3.63, 3.8) is 0 Å². The number of benzene rings is 1. The van der Waals surface area contributed by atoms with Gasteiger partial charge in [0.05, 0.1) is 0 Å². The van der Waals surface area contributed by atoms with Crippen LogP contribution in [0.2, 0.25) is 0 Å². The van der Waals surface area contributed by atoms with E-state index in [0.717, 1.165) is 37.1 Å². The number of nitrogens with zero attached hydrogens (tertiary/aromatic N) is 1. The van der Waals surface area contributed by atoms with Crippen LogP contribution in [0.25, 0.3) is 0 Å². The van der Waals surface area contributed by atoms with Gasteiger partial charge in [-0.15, -0.1) is 0 Å². The summed E-state index contributed by atoms with van der Waals surface area (Å²) in [4.78, 5) is 14.1. The van der Waals surface area contributed by atoms with E-state index in [1.54, 1.807) is 0 Å². The Morgan fingerprint density at radius 2 is 2.06 bits per heavy atom. The molecule has 1 heterocycles. The van der Waals surface area contributed by atoms with Crippen LogP contribution in [0.1, 0.15) is 28.8 Å². The fraction of sp³-hybridized carbons (Fsp3) is 0.462. The van der Waals surface area contributed by atoms with Crippen molar-refractivity contribution >= 4 is 18.5 Å². The quantitative estimate of drug-likeness (QED) is 0.742. The van der Waals surface area contributed by atoms with Crippen LogP contribution in [0.4, 0.5) is 0 Å². The Kier molecular flexibility index (Phi) is 3.54. The van der Waals surface area contributed by atoms with E-state index in [1.165, 1.54) is 0 Å². The van der Waals surface area contributed by atoms with Gasteiger partial charge in [0.15, 0.2) is 0 Å². The van der Waals surface area contributed by atoms with Gasteiger partial charge in [-0.3, -0.25) is 4.79 Å². The highest BCUT2D eigenvalue weighted by atomic mass is 32.1. The molecule has 2 nitrogen and oxygen atoms in total. The summed E-state index contributed by atoms with van der Waals surface area (Å²) in [5.41, 5.74) is 1.94. The third kappa shape index (κ3) is 2.59. The number of carbonyl (C=O) groups excluding carboxylic acids is 1. The first-order chi connectivity index (χ1) is 7.66. The van der Waals surface area contributed by atoms with Gasteiger partial charge in [-0.25, -0.2) is 0 Å². The van der Waals surface area contributed by atoms with Crippen molar-refractivity contribution in [3.8, 4) is 0 Å². The molecule has 2 rings (SSSR count). The first kappa shape index (κ1) is 11.5. The van der Waals surface area contributed by atoms with E-state index >= 15 is 0 Å². The number of piperidine rings is 1. The van der Waals surface area contributed by atoms with E-state index < -0.39 is 0 Å². The van der Waals surface area contributed by atoms with Gasteiger partial charge in [0.2, 0.25) is 0 Å². The third-order valence-electron chi connectivity index (χ3n) is 3.02. The summed E-state index contributed by atoms with van der Waals surface area (Å²) in [7, 11) is 0. The second-order valence-electron chi connectivity index (χ2n) is 4.39. The number of hydrogen-bond acceptors (Lipinski definition) is 2. The highest BCUT2D eigenvalue weighted by molar-refractivity contribution is 7.80. The van der Waals surface area contributed by atoms with E-state index in [2.05, 4.69) is 12.6 Å². The van der Waals surface area contributed by atoms with Crippen molar-refractivity contribution in [1.82, 2.24) is 4.90 Å². The Balaban J connectivity index is 2.08. The lowest BCUT2D eigenvalue weighted by atomic mass is 10.1. The SMILES string of the molecule is Cc1cccc(C(=O)N2CCC(S)CC2)c1. The largest absolute Gasteiger partial charge is 0.339 e. The molecule has 1 saturated heterocycles. The molecule has 86 valence electrons. The van der Waals surface area contributed by atoms with E-state index in [9.17, 15) is 4.79 Å². The van der Waals surface area contributed by atoms with Crippen LogP contribution >= 0.6 is 12.6 Å². The average Bonchev–Trinajstić information content (AvgIpc) is 2.29. The zero-order chi connectivity index (χ0) is 11.5. The zero-order valence-electron chi connectivity index (χ0n) is 9.52. The van der Waals surface area contributed by atoms with Crippen LogP contribution in [0.15, 0.2) is 24.3 Å². The Morgan fingerprint density at radius 1 is 1.38 bits per heavy atom. The molecule has 0 atom stereocenters. The number of thiol groups is 1. The maximum absolute atomic E-state index is 12.2. The van der Waals surface area contributed by atoms with Crippen molar-refractivity contribution in [3.05, 3.63) is 35.4 Å². The number of carbonyl (C=O) groups is 1. The van der Waals surface area contributed by atoms with Crippen molar-refractivity contribution in [2.75, 3.05) is 13.1 Å². The number of amides is 1. The minimum Gasteiger partial charge on any atom is -0.339 e. The molecule has 16 heavy (non-hydrogen) atoms. The maximum Gasteiger partial charge on any atom is 0.253 e. The summed E-state index contributed by atoms with van der Waals surface area (Å²) < 4.78 is 0. The number of likely N-dealkylation sites (tertiary alicyclic amines) is 1. The minimum atomic E-state index is 0.156. The lowest BCUT2D eigenvalue weighted by molar-refractivity contribution is 0.0727. The monoisotopic (exact) mass is 235 g/mol. The van der Waals surface area contributed by atoms with Gasteiger partial charge in [-0.05, 0) is 31.9 Å². The van der Waals surface area contributed by atoms with Crippen LogP contribution in [0, 0.1) is 6.92 Å². The second kappa shape index (κ2) is 4.91. The molecule has 1 aromatic carbocycles. The van der Waals surface area contributed by atoms with Gasteiger partial charge in [0, 0.05) is 23.9 Å². The molecule has 1 amide bonds. The Bertz CT molecular complexity index is 383. The molecule has 0 N–H and O–H groups in total. The molecule has 0 aliphatic carbocycles. The van der Waals surface area contributed by atoms with Crippen molar-refractivity contribution in [2.45, 2.75) is 25.0 Å². The predicted molar refractivity (Wildman–Crippen MR) is 69.1 cm³/mol. The summed E-state index contributed by atoms with van der Waals surface area (Å²) in [5, 5.41) is 0.460. The van der Waals surface area contributed by atoms with Crippen molar-refractivity contribution < 1.29 is 4.79 Å². The zero-order valence-corrected chi connectivity index (χ0v) is 10.4. The fourth-order valence-electron chi connectivity index (χ4n) is 2.03. The van der Waals surface area contributed by atoms with E-state index in [-0.39, 0.29) is 5.91 Å². The van der Waals surface area contributed by atoms with Gasteiger partial charge in [0.25, 0.3) is 5.91 Å². The van der Waals surface area contributed by atoms with E-state index in [0.29, 0.717) is 5.25 Å². The van der Waals surface area contributed by atoms with Gasteiger partial charge in [0.1, 0.15) is 0 Å². The lowest BCUT2D eigenvalue weighted by Gasteiger charge is -2.30. The Hall–Kier alpha value is -0.960. The topological polar surface area (TPSA) is 20.3 Å². The summed E-state index contributed by atoms with van der Waals surface area (Å²) in [6.07, 6.45) is 2.00. The molecule has 0 radical (unpaired) electrons. The number of rotatable bonds is 1. The van der Waals surface area contributed by atoms with Crippen LogP contribution in [0.3, 0.4) is 0 Å². The van der Waals surface area contributed by atoms with Crippen molar-refractivity contribution in [1.29, 1.82) is 0 Å². The molecule has 0 spiro atoms. The van der Waals surface area contributed by atoms with Crippen LogP contribution in [-0.4, -0.2) is 29.1 Å². The first-order valence-corrected chi connectivity index (χ1v) is 6.22. The van der Waals surface area contributed by atoms with Gasteiger partial charge >= 0.3 is 0 Å². The van der Waals surface area contributed by atoms with E-state index in [1.807, 2.05) is 36.1 Å². The molecule has 0 saturated carbocycles. The van der Waals surface area contributed by atoms with Gasteiger partial charge < -0.3 is 4.90 Å². The van der Waals surface area contributed by atoms with E-state index in [4.69, 9.17) is 0 Å². The third-order valence-corrected chi connectivity index (χ3v) is 3.53. The minimum absolute atomic E-state index is 0.156. The molecular formula is C13H17NOS. The summed E-state index contributed by atoms with van der Waals surface area (Å²) in [5.74, 6) is 0.156. The highest BCUT2D eigenvalue weighted by Crippen LogP contribution is 2.17. The maximum atomic E-state index is 12.2. The molecule has 0 bridgehead atoms.